The Morgan fingerprint density at radius 3 is 2.68 bits per heavy atom. The van der Waals surface area contributed by atoms with E-state index in [9.17, 15) is 4.79 Å². The van der Waals surface area contributed by atoms with Gasteiger partial charge in [0.15, 0.2) is 0 Å². The van der Waals surface area contributed by atoms with Crippen LogP contribution >= 0.6 is 12.4 Å². The van der Waals surface area contributed by atoms with Gasteiger partial charge in [-0.05, 0) is 30.4 Å². The van der Waals surface area contributed by atoms with Gasteiger partial charge in [-0.3, -0.25) is 9.69 Å². The van der Waals surface area contributed by atoms with Gasteiger partial charge in [-0.25, -0.2) is 0 Å². The van der Waals surface area contributed by atoms with Crippen molar-refractivity contribution in [2.45, 2.75) is 19.8 Å². The number of carbonyl (C=O) groups is 1. The Bertz CT molecular complexity index is 447. The lowest BCUT2D eigenvalue weighted by molar-refractivity contribution is -0.142. The van der Waals surface area contributed by atoms with Crippen LogP contribution in [0.5, 0.6) is 0 Å². The summed E-state index contributed by atoms with van der Waals surface area (Å²) in [6, 6.07) is 10.4. The fourth-order valence-electron chi connectivity index (χ4n) is 2.94. The zero-order chi connectivity index (χ0) is 15.1. The van der Waals surface area contributed by atoms with E-state index in [0.29, 0.717) is 6.54 Å². The van der Waals surface area contributed by atoms with Gasteiger partial charge in [-0.1, -0.05) is 37.3 Å². The highest BCUT2D eigenvalue weighted by molar-refractivity contribution is 5.85. The maximum absolute atomic E-state index is 11.6. The Morgan fingerprint density at radius 1 is 1.36 bits per heavy atom. The molecule has 1 fully saturated rings. The highest BCUT2D eigenvalue weighted by Gasteiger charge is 2.31. The molecule has 124 valence electrons. The average Bonchev–Trinajstić information content (AvgIpc) is 2.92. The number of nitrogens with one attached hydrogen (secondary N) is 1. The first-order valence-corrected chi connectivity index (χ1v) is 7.65. The molecule has 22 heavy (non-hydrogen) atoms. The van der Waals surface area contributed by atoms with Gasteiger partial charge in [-0.15, -0.1) is 12.4 Å². The standard InChI is InChI=1S/C17H26N2O2.ClH/c1-17(9-10-18-13-17)14-19(12-16(20)21-2)11-8-15-6-4-3-5-7-15;/h3-7,18H,8-14H2,1-2H3;1H. The van der Waals surface area contributed by atoms with Crippen LogP contribution in [0.25, 0.3) is 0 Å². The summed E-state index contributed by atoms with van der Waals surface area (Å²) in [5.74, 6) is -0.155. The minimum absolute atomic E-state index is 0. The van der Waals surface area contributed by atoms with Crippen LogP contribution in [0, 0.1) is 5.41 Å². The van der Waals surface area contributed by atoms with Crippen LogP contribution in [0.1, 0.15) is 18.9 Å². The maximum atomic E-state index is 11.6. The third-order valence-corrected chi connectivity index (χ3v) is 4.20. The molecule has 1 atom stereocenters. The molecule has 1 saturated heterocycles. The molecular formula is C17H27ClN2O2. The van der Waals surface area contributed by atoms with E-state index in [4.69, 9.17) is 4.74 Å². The van der Waals surface area contributed by atoms with E-state index in [1.807, 2.05) is 6.07 Å². The lowest BCUT2D eigenvalue weighted by atomic mass is 9.89. The Morgan fingerprint density at radius 2 is 2.09 bits per heavy atom. The van der Waals surface area contributed by atoms with Crippen molar-refractivity contribution in [1.82, 2.24) is 10.2 Å². The number of hydrogen-bond acceptors (Lipinski definition) is 4. The third-order valence-electron chi connectivity index (χ3n) is 4.20. The van der Waals surface area contributed by atoms with Gasteiger partial charge in [0.1, 0.15) is 0 Å². The van der Waals surface area contributed by atoms with Crippen molar-refractivity contribution in [2.24, 2.45) is 5.41 Å². The van der Waals surface area contributed by atoms with Gasteiger partial charge in [0.25, 0.3) is 0 Å². The SMILES string of the molecule is COC(=O)CN(CCc1ccccc1)CC1(C)CCNC1.Cl. The number of nitrogens with zero attached hydrogens (tertiary/aromatic N) is 1. The summed E-state index contributed by atoms with van der Waals surface area (Å²) in [6.07, 6.45) is 2.12. The van der Waals surface area contributed by atoms with E-state index in [1.54, 1.807) is 0 Å². The number of carbonyl (C=O) groups excluding carboxylic acids is 1. The number of benzene rings is 1. The summed E-state index contributed by atoms with van der Waals surface area (Å²) in [4.78, 5) is 13.9. The smallest absolute Gasteiger partial charge is 0.319 e. The number of hydrogen-bond donors (Lipinski definition) is 1. The Balaban J connectivity index is 0.00000242. The molecule has 0 aromatic heterocycles. The molecule has 1 aromatic rings. The van der Waals surface area contributed by atoms with Gasteiger partial charge >= 0.3 is 5.97 Å². The first-order chi connectivity index (χ1) is 10.1. The van der Waals surface area contributed by atoms with Gasteiger partial charge in [-0.2, -0.15) is 0 Å². The Hall–Kier alpha value is -1.10. The van der Waals surface area contributed by atoms with Crippen molar-refractivity contribution in [2.75, 3.05) is 39.8 Å². The van der Waals surface area contributed by atoms with Crippen molar-refractivity contribution < 1.29 is 9.53 Å². The Labute approximate surface area is 139 Å². The van der Waals surface area contributed by atoms with E-state index >= 15 is 0 Å². The Kier molecular flexibility index (Phi) is 7.87. The number of rotatable bonds is 7. The molecule has 1 N–H and O–H groups in total. The summed E-state index contributed by atoms with van der Waals surface area (Å²) in [6.45, 7) is 6.58. The summed E-state index contributed by atoms with van der Waals surface area (Å²) < 4.78 is 4.83. The molecule has 0 amide bonds. The van der Waals surface area contributed by atoms with Crippen molar-refractivity contribution in [3.8, 4) is 0 Å². The molecular weight excluding hydrogens is 300 g/mol. The van der Waals surface area contributed by atoms with Crippen LogP contribution in [0.4, 0.5) is 0 Å². The molecule has 1 aliphatic heterocycles. The zero-order valence-corrected chi connectivity index (χ0v) is 14.3. The summed E-state index contributed by atoms with van der Waals surface area (Å²) in [5, 5.41) is 3.42. The number of esters is 1. The highest BCUT2D eigenvalue weighted by atomic mass is 35.5. The lowest BCUT2D eigenvalue weighted by Gasteiger charge is -2.31. The second-order valence-corrected chi connectivity index (χ2v) is 6.26. The van der Waals surface area contributed by atoms with Crippen LogP contribution in [0.2, 0.25) is 0 Å². The normalized spacial score (nSPS) is 20.7. The summed E-state index contributed by atoms with van der Waals surface area (Å²) in [7, 11) is 1.45. The second kappa shape index (κ2) is 9.13. The molecule has 1 unspecified atom stereocenters. The molecule has 1 aromatic carbocycles. The first-order valence-electron chi connectivity index (χ1n) is 7.65. The topological polar surface area (TPSA) is 41.6 Å². The molecule has 0 aliphatic carbocycles. The fourth-order valence-corrected chi connectivity index (χ4v) is 2.94. The summed E-state index contributed by atoms with van der Waals surface area (Å²) in [5.41, 5.74) is 1.56. The minimum Gasteiger partial charge on any atom is -0.468 e. The molecule has 2 rings (SSSR count). The first kappa shape index (κ1) is 18.9. The van der Waals surface area contributed by atoms with E-state index in [1.165, 1.54) is 12.7 Å². The number of ether oxygens (including phenoxy) is 1. The monoisotopic (exact) mass is 326 g/mol. The summed E-state index contributed by atoms with van der Waals surface area (Å²) >= 11 is 0. The van der Waals surface area contributed by atoms with E-state index in [0.717, 1.165) is 39.0 Å². The van der Waals surface area contributed by atoms with Crippen LogP contribution in [0.15, 0.2) is 30.3 Å². The van der Waals surface area contributed by atoms with Gasteiger partial charge in [0.2, 0.25) is 0 Å². The fraction of sp³-hybridized carbons (Fsp3) is 0.588. The van der Waals surface area contributed by atoms with Crippen LogP contribution in [-0.4, -0.2) is 50.7 Å². The predicted octanol–water partition coefficient (Wildman–Crippen LogP) is 2.13. The molecule has 5 heteroatoms. The van der Waals surface area contributed by atoms with E-state index < -0.39 is 0 Å². The largest absolute Gasteiger partial charge is 0.468 e. The van der Waals surface area contributed by atoms with Crippen molar-refractivity contribution in [1.29, 1.82) is 0 Å². The molecule has 4 nitrogen and oxygen atoms in total. The predicted molar refractivity (Wildman–Crippen MR) is 91.4 cm³/mol. The number of methoxy groups -OCH3 is 1. The molecule has 1 heterocycles. The van der Waals surface area contributed by atoms with Crippen molar-refractivity contribution in [3.63, 3.8) is 0 Å². The lowest BCUT2D eigenvalue weighted by Crippen LogP contribution is -2.41. The van der Waals surface area contributed by atoms with Crippen LogP contribution < -0.4 is 5.32 Å². The van der Waals surface area contributed by atoms with E-state index in [-0.39, 0.29) is 23.8 Å². The quantitative estimate of drug-likeness (QED) is 0.779. The molecule has 0 bridgehead atoms. The molecule has 0 spiro atoms. The number of halogens is 1. The van der Waals surface area contributed by atoms with Gasteiger partial charge in [0.05, 0.1) is 13.7 Å². The molecule has 0 saturated carbocycles. The van der Waals surface area contributed by atoms with Crippen LogP contribution in [-0.2, 0) is 16.0 Å². The van der Waals surface area contributed by atoms with E-state index in [2.05, 4.69) is 41.4 Å². The van der Waals surface area contributed by atoms with Gasteiger partial charge < -0.3 is 10.1 Å². The second-order valence-electron chi connectivity index (χ2n) is 6.26. The average molecular weight is 327 g/mol. The highest BCUT2D eigenvalue weighted by Crippen LogP contribution is 2.25. The van der Waals surface area contributed by atoms with Crippen LogP contribution in [0.3, 0.4) is 0 Å². The molecule has 0 radical (unpaired) electrons. The van der Waals surface area contributed by atoms with Gasteiger partial charge in [0, 0.05) is 19.6 Å². The maximum Gasteiger partial charge on any atom is 0.319 e. The molecule has 1 aliphatic rings. The minimum atomic E-state index is -0.155. The van der Waals surface area contributed by atoms with Crippen molar-refractivity contribution >= 4 is 18.4 Å². The third kappa shape index (κ3) is 5.95. The van der Waals surface area contributed by atoms with Crippen molar-refractivity contribution in [3.05, 3.63) is 35.9 Å². The zero-order valence-electron chi connectivity index (χ0n) is 13.5.